The number of aromatic nitrogens is 1. The zero-order chi connectivity index (χ0) is 12.3. The molecule has 0 saturated heterocycles. The van der Waals surface area contributed by atoms with E-state index in [1.165, 1.54) is 21.6 Å². The molecule has 0 fully saturated rings. The summed E-state index contributed by atoms with van der Waals surface area (Å²) >= 11 is 1.66. The highest BCUT2D eigenvalue weighted by molar-refractivity contribution is 7.09. The Balaban J connectivity index is 2.20. The minimum Gasteiger partial charge on any atom is -0.271 e. The lowest BCUT2D eigenvalue weighted by molar-refractivity contribution is 0.555. The number of nitrogens with two attached hydrogens (primary N) is 1. The molecular weight excluding hydrogens is 230 g/mol. The Hall–Kier alpha value is -1.23. The number of nitrogens with one attached hydrogen (secondary N) is 1. The SMILES string of the molecule is Cc1ccc(C(Cc2cncs2)NN)cc1C. The van der Waals surface area contributed by atoms with Crippen molar-refractivity contribution in [2.24, 2.45) is 5.84 Å². The number of aryl methyl sites for hydroxylation is 2. The molecular formula is C13H17N3S. The highest BCUT2D eigenvalue weighted by Crippen LogP contribution is 2.21. The molecule has 90 valence electrons. The molecule has 3 nitrogen and oxygen atoms in total. The van der Waals surface area contributed by atoms with Gasteiger partial charge in [-0.05, 0) is 30.5 Å². The summed E-state index contributed by atoms with van der Waals surface area (Å²) in [5.74, 6) is 5.64. The van der Waals surface area contributed by atoms with Gasteiger partial charge in [0.15, 0.2) is 0 Å². The first-order valence-electron chi connectivity index (χ1n) is 5.61. The van der Waals surface area contributed by atoms with E-state index < -0.39 is 0 Å². The lowest BCUT2D eigenvalue weighted by atomic mass is 9.99. The van der Waals surface area contributed by atoms with Crippen LogP contribution in [0.5, 0.6) is 0 Å². The molecule has 1 aromatic carbocycles. The Labute approximate surface area is 106 Å². The van der Waals surface area contributed by atoms with Gasteiger partial charge in [-0.3, -0.25) is 16.3 Å². The average Bonchev–Trinajstić information content (AvgIpc) is 2.82. The van der Waals surface area contributed by atoms with Crippen LogP contribution in [0, 0.1) is 13.8 Å². The van der Waals surface area contributed by atoms with Crippen LogP contribution in [-0.4, -0.2) is 4.98 Å². The predicted octanol–water partition coefficient (Wildman–Crippen LogP) is 2.51. The maximum Gasteiger partial charge on any atom is 0.0794 e. The van der Waals surface area contributed by atoms with Gasteiger partial charge in [0, 0.05) is 17.5 Å². The van der Waals surface area contributed by atoms with Crippen LogP contribution < -0.4 is 11.3 Å². The van der Waals surface area contributed by atoms with Crippen LogP contribution in [0.4, 0.5) is 0 Å². The van der Waals surface area contributed by atoms with Crippen molar-refractivity contribution in [3.8, 4) is 0 Å². The van der Waals surface area contributed by atoms with Gasteiger partial charge in [-0.25, -0.2) is 0 Å². The number of hydrogen-bond acceptors (Lipinski definition) is 4. The third kappa shape index (κ3) is 2.91. The molecule has 2 aromatic rings. The van der Waals surface area contributed by atoms with Gasteiger partial charge in [0.1, 0.15) is 0 Å². The Morgan fingerprint density at radius 3 is 2.76 bits per heavy atom. The molecule has 17 heavy (non-hydrogen) atoms. The summed E-state index contributed by atoms with van der Waals surface area (Å²) in [4.78, 5) is 5.33. The fourth-order valence-corrected chi connectivity index (χ4v) is 2.44. The van der Waals surface area contributed by atoms with E-state index in [1.807, 2.05) is 11.7 Å². The zero-order valence-corrected chi connectivity index (χ0v) is 10.9. The normalized spacial score (nSPS) is 12.6. The van der Waals surface area contributed by atoms with Crippen LogP contribution in [-0.2, 0) is 6.42 Å². The lowest BCUT2D eigenvalue weighted by Crippen LogP contribution is -2.29. The van der Waals surface area contributed by atoms with Gasteiger partial charge in [-0.15, -0.1) is 11.3 Å². The summed E-state index contributed by atoms with van der Waals surface area (Å²) in [6.07, 6.45) is 2.78. The van der Waals surface area contributed by atoms with Crippen molar-refractivity contribution in [2.75, 3.05) is 0 Å². The third-order valence-electron chi connectivity index (χ3n) is 3.02. The smallest absolute Gasteiger partial charge is 0.0794 e. The molecule has 1 aromatic heterocycles. The summed E-state index contributed by atoms with van der Waals surface area (Å²) < 4.78 is 0. The topological polar surface area (TPSA) is 50.9 Å². The monoisotopic (exact) mass is 247 g/mol. The van der Waals surface area contributed by atoms with Crippen molar-refractivity contribution < 1.29 is 0 Å². The second-order valence-electron chi connectivity index (χ2n) is 4.23. The fourth-order valence-electron chi connectivity index (χ4n) is 1.80. The maximum absolute atomic E-state index is 5.64. The number of rotatable bonds is 4. The Kier molecular flexibility index (Phi) is 3.89. The second kappa shape index (κ2) is 5.40. The molecule has 2 rings (SSSR count). The Morgan fingerprint density at radius 1 is 1.35 bits per heavy atom. The summed E-state index contributed by atoms with van der Waals surface area (Å²) in [7, 11) is 0. The molecule has 0 bridgehead atoms. The van der Waals surface area contributed by atoms with Crippen molar-refractivity contribution in [2.45, 2.75) is 26.3 Å². The second-order valence-corrected chi connectivity index (χ2v) is 5.21. The van der Waals surface area contributed by atoms with Crippen molar-refractivity contribution in [1.29, 1.82) is 0 Å². The van der Waals surface area contributed by atoms with Gasteiger partial charge < -0.3 is 0 Å². The van der Waals surface area contributed by atoms with E-state index in [4.69, 9.17) is 5.84 Å². The minimum atomic E-state index is 0.148. The van der Waals surface area contributed by atoms with Crippen LogP contribution in [0.25, 0.3) is 0 Å². The molecule has 0 saturated carbocycles. The van der Waals surface area contributed by atoms with E-state index in [-0.39, 0.29) is 6.04 Å². The standard InChI is InChI=1S/C13H17N3S/c1-9-3-4-11(5-10(9)2)13(16-14)6-12-7-15-8-17-12/h3-5,7-8,13,16H,6,14H2,1-2H3. The van der Waals surface area contributed by atoms with E-state index in [9.17, 15) is 0 Å². The third-order valence-corrected chi connectivity index (χ3v) is 3.83. The minimum absolute atomic E-state index is 0.148. The number of thiazole rings is 1. The maximum atomic E-state index is 5.64. The van der Waals surface area contributed by atoms with Crippen LogP contribution in [0.15, 0.2) is 29.9 Å². The number of hydrogen-bond donors (Lipinski definition) is 2. The highest BCUT2D eigenvalue weighted by atomic mass is 32.1. The van der Waals surface area contributed by atoms with E-state index in [2.05, 4.69) is 42.5 Å². The fraction of sp³-hybridized carbons (Fsp3) is 0.308. The largest absolute Gasteiger partial charge is 0.271 e. The van der Waals surface area contributed by atoms with E-state index in [0.717, 1.165) is 6.42 Å². The van der Waals surface area contributed by atoms with Crippen LogP contribution in [0.1, 0.15) is 27.6 Å². The van der Waals surface area contributed by atoms with E-state index in [1.54, 1.807) is 11.3 Å². The molecule has 0 aliphatic carbocycles. The molecule has 1 unspecified atom stereocenters. The van der Waals surface area contributed by atoms with E-state index in [0.29, 0.717) is 0 Å². The highest BCUT2D eigenvalue weighted by Gasteiger charge is 2.12. The zero-order valence-electron chi connectivity index (χ0n) is 10.1. The summed E-state index contributed by atoms with van der Waals surface area (Å²) in [6.45, 7) is 4.24. The van der Waals surface area contributed by atoms with Crippen molar-refractivity contribution in [3.63, 3.8) is 0 Å². The molecule has 0 radical (unpaired) electrons. The average molecular weight is 247 g/mol. The molecule has 1 atom stereocenters. The van der Waals surface area contributed by atoms with Crippen LogP contribution in [0.3, 0.4) is 0 Å². The van der Waals surface area contributed by atoms with Crippen LogP contribution >= 0.6 is 11.3 Å². The molecule has 0 aliphatic heterocycles. The van der Waals surface area contributed by atoms with Gasteiger partial charge >= 0.3 is 0 Å². The van der Waals surface area contributed by atoms with Gasteiger partial charge in [0.25, 0.3) is 0 Å². The molecule has 0 spiro atoms. The molecule has 1 heterocycles. The summed E-state index contributed by atoms with van der Waals surface area (Å²) in [5, 5.41) is 0. The summed E-state index contributed by atoms with van der Waals surface area (Å²) in [5.41, 5.74) is 8.56. The molecule has 4 heteroatoms. The number of benzene rings is 1. The molecule has 0 amide bonds. The molecule has 3 N–H and O–H groups in total. The first kappa shape index (κ1) is 12.2. The van der Waals surface area contributed by atoms with Gasteiger partial charge in [0.05, 0.1) is 11.6 Å². The van der Waals surface area contributed by atoms with Gasteiger partial charge in [-0.1, -0.05) is 18.2 Å². The first-order valence-corrected chi connectivity index (χ1v) is 6.49. The quantitative estimate of drug-likeness (QED) is 0.644. The van der Waals surface area contributed by atoms with Gasteiger partial charge in [0.2, 0.25) is 0 Å². The number of hydrazine groups is 1. The van der Waals surface area contributed by atoms with Crippen molar-refractivity contribution in [3.05, 3.63) is 51.5 Å². The first-order chi connectivity index (χ1) is 8.20. The van der Waals surface area contributed by atoms with Crippen molar-refractivity contribution in [1.82, 2.24) is 10.4 Å². The predicted molar refractivity (Wildman–Crippen MR) is 71.8 cm³/mol. The van der Waals surface area contributed by atoms with Gasteiger partial charge in [-0.2, -0.15) is 0 Å². The Bertz CT molecular complexity index is 479. The Morgan fingerprint density at radius 2 is 2.18 bits per heavy atom. The van der Waals surface area contributed by atoms with Crippen molar-refractivity contribution >= 4 is 11.3 Å². The summed E-state index contributed by atoms with van der Waals surface area (Å²) in [6, 6.07) is 6.62. The van der Waals surface area contributed by atoms with E-state index >= 15 is 0 Å². The number of nitrogens with zero attached hydrogens (tertiary/aromatic N) is 1. The lowest BCUT2D eigenvalue weighted by Gasteiger charge is -2.16. The molecule has 0 aliphatic rings. The van der Waals surface area contributed by atoms with Crippen LogP contribution in [0.2, 0.25) is 0 Å².